The van der Waals surface area contributed by atoms with Gasteiger partial charge in [0.1, 0.15) is 29.9 Å². The molecule has 0 saturated heterocycles. The Bertz CT molecular complexity index is 1270. The number of aliphatic hydroxyl groups is 1. The van der Waals surface area contributed by atoms with E-state index in [0.717, 1.165) is 17.7 Å². The van der Waals surface area contributed by atoms with Crippen LogP contribution in [0.2, 0.25) is 10.0 Å². The van der Waals surface area contributed by atoms with Gasteiger partial charge in [0.05, 0.1) is 31.5 Å². The fourth-order valence-corrected chi connectivity index (χ4v) is 4.04. The van der Waals surface area contributed by atoms with Gasteiger partial charge in [-0.05, 0) is 36.8 Å². The van der Waals surface area contributed by atoms with Gasteiger partial charge in [-0.2, -0.15) is 10.2 Å². The zero-order chi connectivity index (χ0) is 24.3. The Morgan fingerprint density at radius 1 is 1.12 bits per heavy atom. The summed E-state index contributed by atoms with van der Waals surface area (Å²) in [7, 11) is 0. The molecule has 0 amide bonds. The van der Waals surface area contributed by atoms with Crippen LogP contribution in [0.1, 0.15) is 23.7 Å². The molecule has 2 atom stereocenters. The van der Waals surface area contributed by atoms with Gasteiger partial charge in [-0.3, -0.25) is 4.68 Å². The van der Waals surface area contributed by atoms with Gasteiger partial charge in [0, 0.05) is 27.9 Å². The molecule has 0 radical (unpaired) electrons. The molecule has 0 fully saturated rings. The predicted octanol–water partition coefficient (Wildman–Crippen LogP) is 4.60. The summed E-state index contributed by atoms with van der Waals surface area (Å²) < 4.78 is 37.1. The van der Waals surface area contributed by atoms with Crippen molar-refractivity contribution < 1.29 is 18.6 Å². The van der Waals surface area contributed by atoms with E-state index in [4.69, 9.17) is 27.9 Å². The molecular weight excluding hydrogens is 487 g/mol. The molecule has 7 nitrogen and oxygen atoms in total. The van der Waals surface area contributed by atoms with Crippen LogP contribution in [0, 0.1) is 11.6 Å². The summed E-state index contributed by atoms with van der Waals surface area (Å²) in [5.74, 6) is -1.63. The Morgan fingerprint density at radius 2 is 1.94 bits per heavy atom. The Hall–Kier alpha value is -2.85. The summed E-state index contributed by atoms with van der Waals surface area (Å²) in [5.41, 5.74) is -0.520. The zero-order valence-electron chi connectivity index (χ0n) is 18.1. The van der Waals surface area contributed by atoms with E-state index in [1.165, 1.54) is 23.4 Å². The van der Waals surface area contributed by atoms with E-state index in [0.29, 0.717) is 22.3 Å². The first-order valence-electron chi connectivity index (χ1n) is 10.3. The molecule has 2 heterocycles. The standard InChI is InChI=1S/C23H21Cl2F2N5O2/c1-15(23(33,12-32-14-28-13-29-32)20-5-4-18(26)9-22(20)27)34-11-19-6-7-31(30-19)10-16-2-3-17(24)8-21(16)25/h2-9,13-15,33H,10-12H2,1H3/t15-,23-/m1/s1. The average molecular weight is 508 g/mol. The van der Waals surface area contributed by atoms with E-state index < -0.39 is 23.3 Å². The quantitative estimate of drug-likeness (QED) is 0.358. The molecule has 0 unspecified atom stereocenters. The first-order valence-corrected chi connectivity index (χ1v) is 11.1. The lowest BCUT2D eigenvalue weighted by Crippen LogP contribution is -2.44. The molecule has 0 bridgehead atoms. The summed E-state index contributed by atoms with van der Waals surface area (Å²) >= 11 is 12.2. The number of ether oxygens (including phenoxy) is 1. The highest BCUT2D eigenvalue weighted by Gasteiger charge is 2.40. The van der Waals surface area contributed by atoms with Gasteiger partial charge >= 0.3 is 0 Å². The summed E-state index contributed by atoms with van der Waals surface area (Å²) in [5, 5.41) is 21.0. The van der Waals surface area contributed by atoms with Crippen LogP contribution in [0.15, 0.2) is 61.3 Å². The number of hydrogen-bond acceptors (Lipinski definition) is 5. The second-order valence-electron chi connectivity index (χ2n) is 7.84. The molecule has 0 aliphatic heterocycles. The second kappa shape index (κ2) is 10.2. The molecule has 2 aromatic heterocycles. The SMILES string of the molecule is C[C@@H](OCc1ccn(Cc2ccc(Cl)cc2Cl)n1)[C@](O)(Cn1cncn1)c1ccc(F)cc1F. The van der Waals surface area contributed by atoms with Crippen molar-refractivity contribution in [3.8, 4) is 0 Å². The Kier molecular flexibility index (Phi) is 7.27. The maximum absolute atomic E-state index is 14.6. The van der Waals surface area contributed by atoms with Crippen LogP contribution in [0.25, 0.3) is 0 Å². The summed E-state index contributed by atoms with van der Waals surface area (Å²) in [6, 6.07) is 10.0. The van der Waals surface area contributed by atoms with E-state index in [1.54, 1.807) is 36.0 Å². The van der Waals surface area contributed by atoms with Crippen molar-refractivity contribution in [1.82, 2.24) is 24.5 Å². The monoisotopic (exact) mass is 507 g/mol. The van der Waals surface area contributed by atoms with Crippen molar-refractivity contribution in [3.05, 3.63) is 99.8 Å². The van der Waals surface area contributed by atoms with Crippen molar-refractivity contribution in [2.75, 3.05) is 0 Å². The van der Waals surface area contributed by atoms with E-state index in [2.05, 4.69) is 15.2 Å². The number of aromatic nitrogens is 5. The maximum atomic E-state index is 14.6. The fraction of sp³-hybridized carbons (Fsp3) is 0.261. The number of nitrogens with zero attached hydrogens (tertiary/aromatic N) is 5. The second-order valence-corrected chi connectivity index (χ2v) is 8.68. The van der Waals surface area contributed by atoms with Gasteiger partial charge in [0.25, 0.3) is 0 Å². The topological polar surface area (TPSA) is 78.0 Å². The van der Waals surface area contributed by atoms with Crippen LogP contribution in [0.5, 0.6) is 0 Å². The molecule has 0 saturated carbocycles. The number of halogens is 4. The minimum atomic E-state index is -1.86. The van der Waals surface area contributed by atoms with Crippen molar-refractivity contribution in [3.63, 3.8) is 0 Å². The highest BCUT2D eigenvalue weighted by Crippen LogP contribution is 2.32. The van der Waals surface area contributed by atoms with E-state index in [1.807, 2.05) is 6.07 Å². The molecule has 1 N–H and O–H groups in total. The molecule has 4 aromatic rings. The van der Waals surface area contributed by atoms with Crippen molar-refractivity contribution >= 4 is 23.2 Å². The van der Waals surface area contributed by atoms with E-state index >= 15 is 0 Å². The molecule has 0 aliphatic carbocycles. The minimum Gasteiger partial charge on any atom is -0.380 e. The van der Waals surface area contributed by atoms with Crippen LogP contribution in [0.4, 0.5) is 8.78 Å². The highest BCUT2D eigenvalue weighted by molar-refractivity contribution is 6.35. The van der Waals surface area contributed by atoms with Crippen LogP contribution in [-0.2, 0) is 30.0 Å². The number of rotatable bonds is 9. The average Bonchev–Trinajstić information content (AvgIpc) is 3.46. The third kappa shape index (κ3) is 5.44. The smallest absolute Gasteiger partial charge is 0.138 e. The summed E-state index contributed by atoms with van der Waals surface area (Å²) in [6.45, 7) is 1.93. The molecule has 2 aromatic carbocycles. The maximum Gasteiger partial charge on any atom is 0.138 e. The normalized spacial score (nSPS) is 14.2. The van der Waals surface area contributed by atoms with Crippen molar-refractivity contribution in [2.45, 2.75) is 38.3 Å². The summed E-state index contributed by atoms with van der Waals surface area (Å²) in [4.78, 5) is 3.85. The van der Waals surface area contributed by atoms with Gasteiger partial charge in [-0.1, -0.05) is 35.3 Å². The lowest BCUT2D eigenvalue weighted by molar-refractivity contribution is -0.124. The van der Waals surface area contributed by atoms with Gasteiger partial charge in [0.15, 0.2) is 0 Å². The largest absolute Gasteiger partial charge is 0.380 e. The van der Waals surface area contributed by atoms with Gasteiger partial charge in [-0.15, -0.1) is 0 Å². The van der Waals surface area contributed by atoms with E-state index in [9.17, 15) is 13.9 Å². The van der Waals surface area contributed by atoms with Crippen molar-refractivity contribution in [2.24, 2.45) is 0 Å². The van der Waals surface area contributed by atoms with Gasteiger partial charge in [-0.25, -0.2) is 18.4 Å². The first kappa shape index (κ1) is 24.3. The Labute approximate surface area is 204 Å². The zero-order valence-corrected chi connectivity index (χ0v) is 19.6. The van der Waals surface area contributed by atoms with Crippen LogP contribution >= 0.6 is 23.2 Å². The molecule has 34 heavy (non-hydrogen) atoms. The predicted molar refractivity (Wildman–Crippen MR) is 122 cm³/mol. The van der Waals surface area contributed by atoms with Crippen LogP contribution in [-0.4, -0.2) is 35.8 Å². The van der Waals surface area contributed by atoms with Crippen LogP contribution < -0.4 is 0 Å². The molecule has 11 heteroatoms. The lowest BCUT2D eigenvalue weighted by atomic mass is 9.88. The van der Waals surface area contributed by atoms with Crippen molar-refractivity contribution in [1.29, 1.82) is 0 Å². The molecule has 4 rings (SSSR count). The third-order valence-electron chi connectivity index (χ3n) is 5.46. The Balaban J connectivity index is 1.49. The first-order chi connectivity index (χ1) is 16.2. The molecular formula is C23H21Cl2F2N5O2. The lowest BCUT2D eigenvalue weighted by Gasteiger charge is -2.34. The van der Waals surface area contributed by atoms with Gasteiger partial charge < -0.3 is 9.84 Å². The third-order valence-corrected chi connectivity index (χ3v) is 6.05. The molecule has 178 valence electrons. The number of hydrogen-bond donors (Lipinski definition) is 1. The molecule has 0 aliphatic rings. The number of benzene rings is 2. The van der Waals surface area contributed by atoms with E-state index in [-0.39, 0.29) is 18.7 Å². The van der Waals surface area contributed by atoms with Gasteiger partial charge in [0.2, 0.25) is 0 Å². The fourth-order valence-electron chi connectivity index (χ4n) is 3.58. The van der Waals surface area contributed by atoms with Crippen LogP contribution in [0.3, 0.4) is 0 Å². The molecule has 0 spiro atoms. The summed E-state index contributed by atoms with van der Waals surface area (Å²) in [6.07, 6.45) is 3.55. The highest BCUT2D eigenvalue weighted by atomic mass is 35.5. The minimum absolute atomic E-state index is 0.0466. The Morgan fingerprint density at radius 3 is 2.65 bits per heavy atom.